The van der Waals surface area contributed by atoms with E-state index in [-0.39, 0.29) is 12.1 Å². The van der Waals surface area contributed by atoms with E-state index in [9.17, 15) is 9.59 Å². The number of H-pyrrole nitrogens is 1. The molecule has 11 heteroatoms. The first-order valence-electron chi connectivity index (χ1n) is 11.0. The van der Waals surface area contributed by atoms with Gasteiger partial charge in [-0.05, 0) is 5.56 Å². The van der Waals surface area contributed by atoms with Gasteiger partial charge >= 0.3 is 0 Å². The van der Waals surface area contributed by atoms with E-state index < -0.39 is 11.7 Å². The molecule has 0 bridgehead atoms. The molecule has 0 saturated carbocycles. The van der Waals surface area contributed by atoms with Gasteiger partial charge < -0.3 is 19.2 Å². The van der Waals surface area contributed by atoms with Gasteiger partial charge in [0.05, 0.1) is 60.6 Å². The van der Waals surface area contributed by atoms with Gasteiger partial charge in [0.1, 0.15) is 11.6 Å². The van der Waals surface area contributed by atoms with Crippen molar-refractivity contribution in [3.63, 3.8) is 0 Å². The quantitative estimate of drug-likeness (QED) is 0.310. The highest BCUT2D eigenvalue weighted by Crippen LogP contribution is 2.32. The van der Waals surface area contributed by atoms with Crippen LogP contribution in [0.2, 0.25) is 0 Å². The maximum absolute atomic E-state index is 13.4. The summed E-state index contributed by atoms with van der Waals surface area (Å²) in [4.78, 5) is 40.1. The molecule has 4 aromatic heterocycles. The molecule has 0 radical (unpaired) electrons. The number of aromatic nitrogens is 7. The van der Waals surface area contributed by atoms with Gasteiger partial charge in [0.15, 0.2) is 5.82 Å². The monoisotopic (exact) mass is 468 g/mol. The lowest BCUT2D eigenvalue weighted by atomic mass is 10.1. The summed E-state index contributed by atoms with van der Waals surface area (Å²) in [5.41, 5.74) is 2.79. The highest BCUT2D eigenvalue weighted by molar-refractivity contribution is 6.45. The number of nitrogens with one attached hydrogen (secondary N) is 1. The van der Waals surface area contributed by atoms with Crippen molar-refractivity contribution < 1.29 is 14.3 Å². The van der Waals surface area contributed by atoms with Crippen LogP contribution in [0.1, 0.15) is 16.2 Å². The highest BCUT2D eigenvalue weighted by atomic mass is 16.5. The number of hydrogen-bond donors (Lipinski definition) is 1. The molecule has 0 atom stereocenters. The lowest BCUT2D eigenvalue weighted by molar-refractivity contribution is -0.127. The predicted octanol–water partition coefficient (Wildman–Crippen LogP) is 2.24. The third-order valence-corrected chi connectivity index (χ3v) is 6.17. The Balaban J connectivity index is 1.31. The van der Waals surface area contributed by atoms with Crippen molar-refractivity contribution in [3.8, 4) is 22.8 Å². The van der Waals surface area contributed by atoms with E-state index in [0.29, 0.717) is 35.6 Å². The molecule has 0 spiro atoms. The Kier molecular flexibility index (Phi) is 4.87. The smallest absolute Gasteiger partial charge is 0.295 e. The largest absolute Gasteiger partial charge is 0.494 e. The van der Waals surface area contributed by atoms with Crippen molar-refractivity contribution in [2.24, 2.45) is 0 Å². The minimum Gasteiger partial charge on any atom is -0.494 e. The van der Waals surface area contributed by atoms with Crippen molar-refractivity contribution >= 4 is 22.6 Å². The van der Waals surface area contributed by atoms with Crippen LogP contribution in [0.3, 0.4) is 0 Å². The third kappa shape index (κ3) is 3.36. The number of hydrogen-bond acceptors (Lipinski definition) is 7. The van der Waals surface area contributed by atoms with Crippen molar-refractivity contribution in [1.29, 1.82) is 0 Å². The topological polar surface area (TPSA) is 124 Å². The second kappa shape index (κ2) is 8.20. The number of carbonyl (C=O) groups excluding carboxylic acids is 2. The van der Waals surface area contributed by atoms with E-state index in [1.54, 1.807) is 6.20 Å². The van der Waals surface area contributed by atoms with E-state index >= 15 is 0 Å². The zero-order valence-corrected chi connectivity index (χ0v) is 18.8. The molecule has 5 aromatic rings. The maximum Gasteiger partial charge on any atom is 0.295 e. The molecule has 0 unspecified atom stereocenters. The van der Waals surface area contributed by atoms with Crippen molar-refractivity contribution in [1.82, 2.24) is 39.4 Å². The summed E-state index contributed by atoms with van der Waals surface area (Å²) in [5.74, 6) is 0.336. The summed E-state index contributed by atoms with van der Waals surface area (Å²) >= 11 is 0. The molecule has 1 aromatic carbocycles. The number of amides is 1. The van der Waals surface area contributed by atoms with Crippen LogP contribution in [-0.4, -0.2) is 64.8 Å². The average Bonchev–Trinajstić information content (AvgIpc) is 3.67. The van der Waals surface area contributed by atoms with Crippen molar-refractivity contribution in [3.05, 3.63) is 72.7 Å². The van der Waals surface area contributed by atoms with Crippen LogP contribution in [0, 0.1) is 0 Å². The number of aromatic amines is 1. The molecule has 6 rings (SSSR count). The number of imidazole rings is 1. The molecule has 174 valence electrons. The summed E-state index contributed by atoms with van der Waals surface area (Å²) in [6.45, 7) is 1.21. The molecule has 0 aliphatic carbocycles. The summed E-state index contributed by atoms with van der Waals surface area (Å²) in [6.07, 6.45) is 7.98. The minimum atomic E-state index is -0.631. The van der Waals surface area contributed by atoms with E-state index in [4.69, 9.17) is 4.74 Å². The van der Waals surface area contributed by atoms with E-state index in [2.05, 4.69) is 29.8 Å². The lowest BCUT2D eigenvalue weighted by Gasteiger charge is -2.28. The van der Waals surface area contributed by atoms with Crippen LogP contribution in [0.4, 0.5) is 0 Å². The van der Waals surface area contributed by atoms with E-state index in [1.807, 2.05) is 36.5 Å². The second-order valence-corrected chi connectivity index (χ2v) is 8.08. The molecule has 11 nitrogen and oxygen atoms in total. The first-order valence-corrected chi connectivity index (χ1v) is 11.0. The molecule has 1 aliphatic rings. The number of carbonyl (C=O) groups is 2. The van der Waals surface area contributed by atoms with Crippen LogP contribution >= 0.6 is 0 Å². The van der Waals surface area contributed by atoms with Crippen LogP contribution in [0.25, 0.3) is 28.0 Å². The first kappa shape index (κ1) is 20.8. The Bertz CT molecular complexity index is 1550. The molecule has 0 saturated heterocycles. The van der Waals surface area contributed by atoms with Crippen molar-refractivity contribution in [2.45, 2.75) is 13.1 Å². The number of Topliss-reactive ketones (excluding diaryl/α,β-unsaturated/α-hetero) is 1. The number of benzene rings is 1. The molecule has 1 N–H and O–H groups in total. The third-order valence-electron chi connectivity index (χ3n) is 6.17. The summed E-state index contributed by atoms with van der Waals surface area (Å²) in [6, 6.07) is 9.97. The normalized spacial score (nSPS) is 13.1. The number of methoxy groups -OCH3 is 1. The number of nitrogens with zero attached hydrogens (tertiary/aromatic N) is 7. The van der Waals surface area contributed by atoms with Crippen LogP contribution in [0.5, 0.6) is 5.75 Å². The Morgan fingerprint density at radius 1 is 1.09 bits per heavy atom. The molecular formula is C24H20N8O3. The van der Waals surface area contributed by atoms with Gasteiger partial charge in [-0.2, -0.15) is 0 Å². The van der Waals surface area contributed by atoms with Crippen LogP contribution in [0.15, 0.2) is 61.3 Å². The lowest BCUT2D eigenvalue weighted by Crippen LogP contribution is -2.42. The zero-order valence-electron chi connectivity index (χ0n) is 18.8. The van der Waals surface area contributed by atoms with E-state index in [1.165, 1.54) is 35.3 Å². The van der Waals surface area contributed by atoms with Gasteiger partial charge in [0.25, 0.3) is 11.7 Å². The first-order chi connectivity index (χ1) is 17.2. The number of ether oxygens (including phenoxy) is 1. The van der Waals surface area contributed by atoms with Gasteiger partial charge in [0, 0.05) is 19.3 Å². The van der Waals surface area contributed by atoms with Crippen molar-refractivity contribution in [2.75, 3.05) is 13.7 Å². The zero-order chi connectivity index (χ0) is 23.9. The molecule has 5 heterocycles. The number of pyridine rings is 1. The Morgan fingerprint density at radius 2 is 1.94 bits per heavy atom. The summed E-state index contributed by atoms with van der Waals surface area (Å²) in [5, 5.41) is 8.25. The fourth-order valence-electron chi connectivity index (χ4n) is 4.46. The SMILES string of the molecule is COc1cnc(-n2ccnn2)c2[nH]cc(C(=O)C(=O)N3CCn4c(-c5ccccc5)cnc4C3)c12. The molecule has 0 fully saturated rings. The number of fused-ring (bicyclic) bond motifs is 2. The Morgan fingerprint density at radius 3 is 2.71 bits per heavy atom. The standard InChI is InChI=1S/C24H20N8O3/c1-35-18-13-27-23(32-8-7-28-29-32)21-20(18)16(11-26-21)22(33)24(34)30-9-10-31-17(12-25-19(31)14-30)15-5-3-2-4-6-15/h2-8,11-13,26H,9-10,14H2,1H3. The number of rotatable bonds is 5. The fraction of sp³-hybridized carbons (Fsp3) is 0.167. The average molecular weight is 468 g/mol. The Hall–Kier alpha value is -4.80. The van der Waals surface area contributed by atoms with Gasteiger partial charge in [-0.25, -0.2) is 14.6 Å². The second-order valence-electron chi connectivity index (χ2n) is 8.08. The van der Waals surface area contributed by atoms with Gasteiger partial charge in [0.2, 0.25) is 0 Å². The predicted molar refractivity (Wildman–Crippen MR) is 125 cm³/mol. The van der Waals surface area contributed by atoms with Gasteiger partial charge in [-0.1, -0.05) is 35.5 Å². The minimum absolute atomic E-state index is 0.213. The molecule has 35 heavy (non-hydrogen) atoms. The van der Waals surface area contributed by atoms with Gasteiger partial charge in [-0.3, -0.25) is 9.59 Å². The Labute approximate surface area is 199 Å². The van der Waals surface area contributed by atoms with Gasteiger partial charge in [-0.15, -0.1) is 5.10 Å². The molecular weight excluding hydrogens is 448 g/mol. The molecule has 1 aliphatic heterocycles. The summed E-state index contributed by atoms with van der Waals surface area (Å²) < 4.78 is 9.01. The van der Waals surface area contributed by atoms with Crippen LogP contribution in [-0.2, 0) is 17.9 Å². The molecule has 1 amide bonds. The van der Waals surface area contributed by atoms with Crippen LogP contribution < -0.4 is 4.74 Å². The maximum atomic E-state index is 13.4. The highest BCUT2D eigenvalue weighted by Gasteiger charge is 2.31. The fourth-order valence-corrected chi connectivity index (χ4v) is 4.46. The number of ketones is 1. The van der Waals surface area contributed by atoms with E-state index in [0.717, 1.165) is 17.1 Å². The summed E-state index contributed by atoms with van der Waals surface area (Å²) in [7, 11) is 1.49.